The molecule has 1 aromatic rings. The minimum atomic E-state index is -1.19. The monoisotopic (exact) mass is 479 g/mol. The van der Waals surface area contributed by atoms with E-state index in [0.717, 1.165) is 44.0 Å². The van der Waals surface area contributed by atoms with Gasteiger partial charge in [-0.15, -0.1) is 0 Å². The average molecular weight is 480 g/mol. The topological polar surface area (TPSA) is 73.8 Å². The van der Waals surface area contributed by atoms with Crippen LogP contribution >= 0.6 is 11.6 Å². The van der Waals surface area contributed by atoms with E-state index in [2.05, 4.69) is 15.5 Å². The van der Waals surface area contributed by atoms with E-state index in [1.54, 1.807) is 0 Å². The van der Waals surface area contributed by atoms with Gasteiger partial charge in [0, 0.05) is 37.2 Å². The van der Waals surface area contributed by atoms with E-state index < -0.39 is 5.60 Å². The molecular weight excluding hydrogens is 438 g/mol. The molecule has 7 heteroatoms. The average Bonchev–Trinajstić information content (AvgIpc) is 2.83. The number of benzene rings is 1. The van der Waals surface area contributed by atoms with E-state index in [-0.39, 0.29) is 25.0 Å². The van der Waals surface area contributed by atoms with Crippen molar-refractivity contribution in [1.82, 2.24) is 15.5 Å². The Morgan fingerprint density at radius 1 is 1.27 bits per heavy atom. The number of nitrogens with one attached hydrogen (secondary N) is 2. The van der Waals surface area contributed by atoms with Crippen LogP contribution in [0.4, 0.5) is 0 Å². The first-order valence-electron chi connectivity index (χ1n) is 12.6. The van der Waals surface area contributed by atoms with E-state index in [0.29, 0.717) is 11.1 Å². The van der Waals surface area contributed by atoms with Crippen molar-refractivity contribution in [3.8, 4) is 0 Å². The summed E-state index contributed by atoms with van der Waals surface area (Å²) in [4.78, 5) is 14.7. The van der Waals surface area contributed by atoms with Gasteiger partial charge in [0.1, 0.15) is 12.2 Å². The van der Waals surface area contributed by atoms with Gasteiger partial charge in [-0.25, -0.2) is 0 Å². The van der Waals surface area contributed by atoms with Crippen LogP contribution in [-0.2, 0) is 15.1 Å². The number of piperidine rings is 1. The Labute approximate surface area is 204 Å². The van der Waals surface area contributed by atoms with Crippen LogP contribution in [0.25, 0.3) is 0 Å². The van der Waals surface area contributed by atoms with Gasteiger partial charge in [-0.1, -0.05) is 55.8 Å². The van der Waals surface area contributed by atoms with Gasteiger partial charge in [0.15, 0.2) is 0 Å². The van der Waals surface area contributed by atoms with Crippen LogP contribution in [0.5, 0.6) is 0 Å². The number of carbonyl (C=O) groups excluding carboxylic acids is 1. The Morgan fingerprint density at radius 2 is 2.06 bits per heavy atom. The lowest BCUT2D eigenvalue weighted by Crippen LogP contribution is -2.55. The number of hydrogen-bond donors (Lipinski definition) is 3. The number of rotatable bonds is 11. The first-order chi connectivity index (χ1) is 16.0. The summed E-state index contributed by atoms with van der Waals surface area (Å²) in [5.41, 5.74) is -0.431. The second-order valence-electron chi connectivity index (χ2n) is 9.93. The predicted molar refractivity (Wildman–Crippen MR) is 133 cm³/mol. The van der Waals surface area contributed by atoms with Gasteiger partial charge in [0.2, 0.25) is 5.91 Å². The number of ether oxygens (including phenoxy) is 1. The standard InChI is InChI=1S/C26H42ClN3O3/c1-28-16-24(14-20-8-4-3-5-9-20)30-13-7-11-22(17-30)26(32,19-29-25(31)18-33-2)21-10-6-12-23(27)15-21/h6,10,12,15,20,22,24,28,32H,3-5,7-9,11,13-14,16-19H2,1-2H3,(H,29,31)/t22-,24?,26-/m1/s1. The van der Waals surface area contributed by atoms with Gasteiger partial charge in [0.25, 0.3) is 0 Å². The SMILES string of the molecule is CNCC(CC1CCCCC1)N1CCC[C@@H]([C@@](O)(CNC(=O)COC)c2cccc(Cl)c2)C1. The van der Waals surface area contributed by atoms with Crippen LogP contribution in [0.2, 0.25) is 5.02 Å². The molecule has 2 aliphatic rings. The third kappa shape index (κ3) is 7.40. The lowest BCUT2D eigenvalue weighted by atomic mass is 9.76. The number of halogens is 1. The van der Waals surface area contributed by atoms with Crippen molar-refractivity contribution in [2.75, 3.05) is 46.9 Å². The van der Waals surface area contributed by atoms with Crippen molar-refractivity contribution in [1.29, 1.82) is 0 Å². The predicted octanol–water partition coefficient (Wildman–Crippen LogP) is 3.56. The van der Waals surface area contributed by atoms with Gasteiger partial charge < -0.3 is 20.5 Å². The molecule has 1 unspecified atom stereocenters. The first-order valence-corrected chi connectivity index (χ1v) is 13.0. The number of hydrogen-bond acceptors (Lipinski definition) is 5. The Hall–Kier alpha value is -1.18. The summed E-state index contributed by atoms with van der Waals surface area (Å²) in [5, 5.41) is 18.9. The molecule has 1 amide bonds. The summed E-state index contributed by atoms with van der Waals surface area (Å²) in [6.45, 7) is 2.95. The smallest absolute Gasteiger partial charge is 0.246 e. The second-order valence-corrected chi connectivity index (χ2v) is 10.4. The zero-order chi connectivity index (χ0) is 23.7. The van der Waals surface area contributed by atoms with Crippen molar-refractivity contribution in [2.45, 2.75) is 63.0 Å². The molecule has 1 heterocycles. The molecule has 3 atom stereocenters. The molecule has 1 aliphatic carbocycles. The van der Waals surface area contributed by atoms with Crippen molar-refractivity contribution >= 4 is 17.5 Å². The number of amides is 1. The minimum Gasteiger partial charge on any atom is -0.383 e. The number of aliphatic hydroxyl groups is 1. The Balaban J connectivity index is 1.78. The molecule has 1 aromatic carbocycles. The van der Waals surface area contributed by atoms with Gasteiger partial charge in [-0.2, -0.15) is 0 Å². The van der Waals surface area contributed by atoms with Gasteiger partial charge in [-0.3, -0.25) is 9.69 Å². The zero-order valence-electron chi connectivity index (χ0n) is 20.3. The summed E-state index contributed by atoms with van der Waals surface area (Å²) in [6.07, 6.45) is 9.93. The number of likely N-dealkylation sites (N-methyl/N-ethyl adjacent to an activating group) is 1. The van der Waals surface area contributed by atoms with Crippen LogP contribution in [0.1, 0.15) is 56.9 Å². The number of carbonyl (C=O) groups is 1. The molecule has 2 fully saturated rings. The van der Waals surface area contributed by atoms with Crippen LogP contribution < -0.4 is 10.6 Å². The molecule has 186 valence electrons. The summed E-state index contributed by atoms with van der Waals surface area (Å²) < 4.78 is 4.96. The molecule has 0 aromatic heterocycles. The van der Waals surface area contributed by atoms with Crippen molar-refractivity contribution in [3.63, 3.8) is 0 Å². The fourth-order valence-electron chi connectivity index (χ4n) is 5.79. The summed E-state index contributed by atoms with van der Waals surface area (Å²) in [5.74, 6) is 0.576. The van der Waals surface area contributed by atoms with E-state index >= 15 is 0 Å². The molecule has 1 saturated heterocycles. The Kier molecular flexibility index (Phi) is 10.5. The van der Waals surface area contributed by atoms with E-state index in [1.807, 2.05) is 31.3 Å². The number of likely N-dealkylation sites (tertiary alicyclic amines) is 1. The van der Waals surface area contributed by atoms with Gasteiger partial charge in [-0.05, 0) is 56.5 Å². The van der Waals surface area contributed by atoms with Crippen LogP contribution in [-0.4, -0.2) is 68.9 Å². The highest BCUT2D eigenvalue weighted by Gasteiger charge is 2.42. The van der Waals surface area contributed by atoms with E-state index in [9.17, 15) is 9.90 Å². The summed E-state index contributed by atoms with van der Waals surface area (Å²) >= 11 is 6.29. The summed E-state index contributed by atoms with van der Waals surface area (Å²) in [6, 6.07) is 7.89. The maximum Gasteiger partial charge on any atom is 0.246 e. The fraction of sp³-hybridized carbons (Fsp3) is 0.731. The molecule has 3 rings (SSSR count). The molecule has 6 nitrogen and oxygen atoms in total. The Morgan fingerprint density at radius 3 is 2.76 bits per heavy atom. The fourth-order valence-corrected chi connectivity index (χ4v) is 5.98. The van der Waals surface area contributed by atoms with Crippen LogP contribution in [0, 0.1) is 11.8 Å². The minimum absolute atomic E-state index is 0.00160. The highest BCUT2D eigenvalue weighted by molar-refractivity contribution is 6.30. The van der Waals surface area contributed by atoms with Crippen molar-refractivity contribution in [3.05, 3.63) is 34.9 Å². The largest absolute Gasteiger partial charge is 0.383 e. The van der Waals surface area contributed by atoms with E-state index in [1.165, 1.54) is 45.6 Å². The number of nitrogens with zero attached hydrogens (tertiary/aromatic N) is 1. The molecule has 33 heavy (non-hydrogen) atoms. The van der Waals surface area contributed by atoms with Crippen molar-refractivity contribution < 1.29 is 14.6 Å². The summed E-state index contributed by atoms with van der Waals surface area (Å²) in [7, 11) is 3.53. The molecule has 0 bridgehead atoms. The van der Waals surface area contributed by atoms with Crippen molar-refractivity contribution in [2.24, 2.45) is 11.8 Å². The highest BCUT2D eigenvalue weighted by atomic mass is 35.5. The van der Waals surface area contributed by atoms with Gasteiger partial charge >= 0.3 is 0 Å². The molecule has 1 saturated carbocycles. The van der Waals surface area contributed by atoms with Gasteiger partial charge in [0.05, 0.1) is 6.54 Å². The Bertz CT molecular complexity index is 743. The third-order valence-corrected chi connectivity index (χ3v) is 7.80. The third-order valence-electron chi connectivity index (χ3n) is 7.57. The maximum atomic E-state index is 12.2. The lowest BCUT2D eigenvalue weighted by molar-refractivity contribution is -0.127. The molecular formula is C26H42ClN3O3. The van der Waals surface area contributed by atoms with E-state index in [4.69, 9.17) is 16.3 Å². The second kappa shape index (κ2) is 13.1. The lowest BCUT2D eigenvalue weighted by Gasteiger charge is -2.46. The molecule has 1 aliphatic heterocycles. The molecule has 0 radical (unpaired) electrons. The number of methoxy groups -OCH3 is 1. The molecule has 3 N–H and O–H groups in total. The highest BCUT2D eigenvalue weighted by Crippen LogP contribution is 2.38. The zero-order valence-corrected chi connectivity index (χ0v) is 21.1. The van der Waals surface area contributed by atoms with Crippen LogP contribution in [0.15, 0.2) is 24.3 Å². The normalized spacial score (nSPS) is 23.1. The molecule has 0 spiro atoms. The van der Waals surface area contributed by atoms with Crippen LogP contribution in [0.3, 0.4) is 0 Å². The quantitative estimate of drug-likeness (QED) is 0.452. The maximum absolute atomic E-state index is 12.2. The first kappa shape index (κ1) is 26.4.